The van der Waals surface area contributed by atoms with Crippen LogP contribution >= 0.6 is 22.6 Å². The number of nitrogens with two attached hydrogens (primary N) is 1. The number of rotatable bonds is 3. The van der Waals surface area contributed by atoms with Gasteiger partial charge in [-0.1, -0.05) is 18.2 Å². The summed E-state index contributed by atoms with van der Waals surface area (Å²) in [5.41, 5.74) is 8.56. The van der Waals surface area contributed by atoms with Crippen LogP contribution in [0.4, 0.5) is 0 Å². The molecule has 0 bridgehead atoms. The van der Waals surface area contributed by atoms with Crippen LogP contribution in [0.15, 0.2) is 18.2 Å². The molecule has 0 amide bonds. The van der Waals surface area contributed by atoms with Gasteiger partial charge < -0.3 is 5.73 Å². The van der Waals surface area contributed by atoms with Crippen molar-refractivity contribution >= 4 is 22.6 Å². The van der Waals surface area contributed by atoms with Gasteiger partial charge >= 0.3 is 0 Å². The molecule has 0 radical (unpaired) electrons. The minimum Gasteiger partial charge on any atom is -0.324 e. The summed E-state index contributed by atoms with van der Waals surface area (Å²) in [6.07, 6.45) is 0.604. The molecule has 0 aliphatic heterocycles. The van der Waals surface area contributed by atoms with Crippen molar-refractivity contribution in [2.75, 3.05) is 0 Å². The Bertz CT molecular complexity index is 522. The Hall–Kier alpha value is -1.02. The largest absolute Gasteiger partial charge is 0.324 e. The van der Waals surface area contributed by atoms with E-state index in [1.54, 1.807) is 7.05 Å². The zero-order valence-corrected chi connectivity index (χ0v) is 11.9. The Morgan fingerprint density at radius 1 is 1.47 bits per heavy atom. The van der Waals surface area contributed by atoms with E-state index in [-0.39, 0.29) is 6.04 Å². The highest BCUT2D eigenvalue weighted by molar-refractivity contribution is 14.1. The van der Waals surface area contributed by atoms with Crippen LogP contribution in [-0.2, 0) is 13.5 Å². The third-order valence-electron chi connectivity index (χ3n) is 2.57. The van der Waals surface area contributed by atoms with Gasteiger partial charge in [0, 0.05) is 16.0 Å². The van der Waals surface area contributed by atoms with E-state index in [1.807, 2.05) is 6.07 Å². The first-order chi connectivity index (χ1) is 8.08. The van der Waals surface area contributed by atoms with Crippen molar-refractivity contribution in [3.05, 3.63) is 38.7 Å². The van der Waals surface area contributed by atoms with Crippen LogP contribution in [-0.4, -0.2) is 20.2 Å². The molecule has 1 heterocycles. The third kappa shape index (κ3) is 2.81. The van der Waals surface area contributed by atoms with E-state index < -0.39 is 0 Å². The van der Waals surface area contributed by atoms with E-state index in [9.17, 15) is 0 Å². The van der Waals surface area contributed by atoms with Gasteiger partial charge in [-0.2, -0.15) is 4.80 Å². The lowest BCUT2D eigenvalue weighted by Crippen LogP contribution is -2.16. The average molecular weight is 343 g/mol. The molecule has 2 rings (SSSR count). The first kappa shape index (κ1) is 12.4. The molecule has 0 saturated carbocycles. The first-order valence-corrected chi connectivity index (χ1v) is 6.39. The molecule has 2 aromatic rings. The zero-order chi connectivity index (χ0) is 12.4. The average Bonchev–Trinajstić information content (AvgIpc) is 2.68. The normalized spacial score (nSPS) is 12.7. The van der Waals surface area contributed by atoms with Gasteiger partial charge in [-0.15, -0.1) is 10.2 Å². The predicted octanol–water partition coefficient (Wildman–Crippen LogP) is 1.37. The fourth-order valence-corrected chi connectivity index (χ4v) is 2.43. The minimum atomic E-state index is -0.0917. The summed E-state index contributed by atoms with van der Waals surface area (Å²) in [5.74, 6) is 0.678. The second kappa shape index (κ2) is 5.09. The molecule has 1 aromatic carbocycles. The molecular weight excluding hydrogens is 329 g/mol. The number of halogens is 1. The third-order valence-corrected chi connectivity index (χ3v) is 4.05. The van der Waals surface area contributed by atoms with Crippen LogP contribution < -0.4 is 5.73 Å². The van der Waals surface area contributed by atoms with Gasteiger partial charge in [0.25, 0.3) is 0 Å². The molecule has 17 heavy (non-hydrogen) atoms. The van der Waals surface area contributed by atoms with Crippen molar-refractivity contribution in [2.45, 2.75) is 19.4 Å². The highest BCUT2D eigenvalue weighted by Gasteiger charge is 2.14. The maximum absolute atomic E-state index is 6.18. The summed E-state index contributed by atoms with van der Waals surface area (Å²) in [6, 6.07) is 6.07. The van der Waals surface area contributed by atoms with Gasteiger partial charge in [-0.3, -0.25) is 0 Å². The smallest absolute Gasteiger partial charge is 0.176 e. The molecule has 1 aromatic heterocycles. The van der Waals surface area contributed by atoms with Crippen molar-refractivity contribution < 1.29 is 0 Å². The highest BCUT2D eigenvalue weighted by atomic mass is 127. The molecule has 90 valence electrons. The molecule has 0 aliphatic rings. The fraction of sp³-hybridized carbons (Fsp3) is 0.364. The Kier molecular flexibility index (Phi) is 3.72. The van der Waals surface area contributed by atoms with Gasteiger partial charge in [0.05, 0.1) is 7.05 Å². The van der Waals surface area contributed by atoms with Crippen molar-refractivity contribution in [1.29, 1.82) is 0 Å². The molecule has 2 N–H and O–H groups in total. The number of aromatic nitrogens is 4. The van der Waals surface area contributed by atoms with Gasteiger partial charge in [0.15, 0.2) is 5.82 Å². The summed E-state index contributed by atoms with van der Waals surface area (Å²) < 4.78 is 1.21. The van der Waals surface area contributed by atoms with E-state index in [1.165, 1.54) is 13.9 Å². The number of aryl methyl sites for hydroxylation is 2. The Morgan fingerprint density at radius 3 is 2.88 bits per heavy atom. The van der Waals surface area contributed by atoms with Gasteiger partial charge in [-0.05, 0) is 45.9 Å². The van der Waals surface area contributed by atoms with E-state index in [2.05, 4.69) is 57.1 Å². The fourth-order valence-electron chi connectivity index (χ4n) is 1.67. The lowest BCUT2D eigenvalue weighted by atomic mass is 10.0. The molecule has 0 saturated heterocycles. The van der Waals surface area contributed by atoms with Crippen molar-refractivity contribution in [2.24, 2.45) is 12.8 Å². The molecular formula is C11H14IN5. The maximum atomic E-state index is 6.18. The van der Waals surface area contributed by atoms with E-state index >= 15 is 0 Å². The summed E-state index contributed by atoms with van der Waals surface area (Å²) >= 11 is 2.33. The quantitative estimate of drug-likeness (QED) is 0.855. The second-order valence-corrected chi connectivity index (χ2v) is 5.06. The molecule has 5 nitrogen and oxygen atoms in total. The van der Waals surface area contributed by atoms with Gasteiger partial charge in [0.1, 0.15) is 0 Å². The van der Waals surface area contributed by atoms with Crippen LogP contribution in [0.25, 0.3) is 0 Å². The topological polar surface area (TPSA) is 69.6 Å². The minimum absolute atomic E-state index is 0.0917. The van der Waals surface area contributed by atoms with Crippen LogP contribution in [0, 0.1) is 10.5 Å². The number of nitrogens with zero attached hydrogens (tertiary/aromatic N) is 4. The summed E-state index contributed by atoms with van der Waals surface area (Å²) in [6.45, 7) is 2.08. The monoisotopic (exact) mass is 343 g/mol. The maximum Gasteiger partial charge on any atom is 0.176 e. The summed E-state index contributed by atoms with van der Waals surface area (Å²) in [4.78, 5) is 1.45. The number of hydrogen-bond acceptors (Lipinski definition) is 4. The summed E-state index contributed by atoms with van der Waals surface area (Å²) in [7, 11) is 1.75. The zero-order valence-electron chi connectivity index (χ0n) is 9.76. The second-order valence-electron chi connectivity index (χ2n) is 3.98. The molecule has 0 aliphatic carbocycles. The molecule has 6 heteroatoms. The van der Waals surface area contributed by atoms with Gasteiger partial charge in [0.2, 0.25) is 0 Å². The molecule has 1 atom stereocenters. The van der Waals surface area contributed by atoms with Crippen molar-refractivity contribution in [3.8, 4) is 0 Å². The van der Waals surface area contributed by atoms with Crippen molar-refractivity contribution in [3.63, 3.8) is 0 Å². The highest BCUT2D eigenvalue weighted by Crippen LogP contribution is 2.23. The van der Waals surface area contributed by atoms with E-state index in [4.69, 9.17) is 5.73 Å². The van der Waals surface area contributed by atoms with E-state index in [0.29, 0.717) is 12.2 Å². The Balaban J connectivity index is 2.20. The lowest BCUT2D eigenvalue weighted by molar-refractivity contribution is 0.622. The lowest BCUT2D eigenvalue weighted by Gasteiger charge is -2.13. The van der Waals surface area contributed by atoms with Crippen LogP contribution in [0.2, 0.25) is 0 Å². The standard InChI is InChI=1S/C11H14IN5/c1-7-4-3-5-8(11(7)12)9(13)6-10-14-16-17(2)15-10/h3-5,9H,6,13H2,1-2H3. The Morgan fingerprint density at radius 2 is 2.24 bits per heavy atom. The predicted molar refractivity (Wildman–Crippen MR) is 73.3 cm³/mol. The van der Waals surface area contributed by atoms with Crippen LogP contribution in [0.3, 0.4) is 0 Å². The van der Waals surface area contributed by atoms with Crippen molar-refractivity contribution in [1.82, 2.24) is 20.2 Å². The molecule has 0 fully saturated rings. The molecule has 1 unspecified atom stereocenters. The number of benzene rings is 1. The Labute approximate surface area is 114 Å². The number of hydrogen-bond donors (Lipinski definition) is 1. The number of tetrazole rings is 1. The van der Waals surface area contributed by atoms with Gasteiger partial charge in [-0.25, -0.2) is 0 Å². The van der Waals surface area contributed by atoms with Crippen LogP contribution in [0.5, 0.6) is 0 Å². The first-order valence-electron chi connectivity index (χ1n) is 5.31. The van der Waals surface area contributed by atoms with E-state index in [0.717, 1.165) is 5.56 Å². The molecule has 0 spiro atoms. The van der Waals surface area contributed by atoms with Crippen LogP contribution in [0.1, 0.15) is 23.0 Å². The summed E-state index contributed by atoms with van der Waals surface area (Å²) in [5, 5.41) is 11.9. The SMILES string of the molecule is Cc1cccc(C(N)Cc2nnn(C)n2)c1I.